The second-order valence-corrected chi connectivity index (χ2v) is 9.10. The first kappa shape index (κ1) is 24.1. The number of rotatable bonds is 13. The molecule has 0 bridgehead atoms. The van der Waals surface area contributed by atoms with Gasteiger partial charge in [-0.3, -0.25) is 9.59 Å². The maximum absolute atomic E-state index is 12.3. The number of esters is 1. The van der Waals surface area contributed by atoms with Crippen molar-refractivity contribution in [2.75, 3.05) is 7.11 Å². The van der Waals surface area contributed by atoms with E-state index in [4.69, 9.17) is 0 Å². The molecule has 1 unspecified atom stereocenters. The average Bonchev–Trinajstić information content (AvgIpc) is 2.93. The molecular formula is C24H40O5. The predicted octanol–water partition coefficient (Wildman–Crippen LogP) is 4.34. The standard InChI is InChI=1S/C24H40O5/c1-3-14-24(15-9-16-24)22(27)12-8-11-19-18(20(25)17-21(19)26)10-6-4-5-7-13-23(28)29-2/h8,11,18-19,21-22,26-27H,3-7,9-10,12-17H2,1-2H3/b11-8+/t18-,19-,21?,22-/m1/s1. The van der Waals surface area contributed by atoms with Crippen LogP contribution in [0.1, 0.15) is 90.4 Å². The number of unbranched alkanes of at least 4 members (excludes halogenated alkanes) is 3. The van der Waals surface area contributed by atoms with Crippen molar-refractivity contribution >= 4 is 11.8 Å². The number of carbonyl (C=O) groups excluding carboxylic acids is 2. The van der Waals surface area contributed by atoms with Gasteiger partial charge in [0.05, 0.1) is 19.3 Å². The Balaban J connectivity index is 1.77. The highest BCUT2D eigenvalue weighted by Crippen LogP contribution is 2.48. The molecule has 0 heterocycles. The van der Waals surface area contributed by atoms with E-state index >= 15 is 0 Å². The molecule has 0 spiro atoms. The van der Waals surface area contributed by atoms with E-state index in [0.717, 1.165) is 57.8 Å². The zero-order valence-electron chi connectivity index (χ0n) is 18.3. The van der Waals surface area contributed by atoms with Gasteiger partial charge in [0.2, 0.25) is 0 Å². The van der Waals surface area contributed by atoms with Crippen molar-refractivity contribution in [1.29, 1.82) is 0 Å². The van der Waals surface area contributed by atoms with Gasteiger partial charge in [-0.1, -0.05) is 51.2 Å². The van der Waals surface area contributed by atoms with Crippen molar-refractivity contribution in [2.24, 2.45) is 17.3 Å². The zero-order chi connectivity index (χ0) is 21.3. The number of ketones is 1. The van der Waals surface area contributed by atoms with E-state index in [1.54, 1.807) is 0 Å². The van der Waals surface area contributed by atoms with Crippen molar-refractivity contribution < 1.29 is 24.5 Å². The lowest BCUT2D eigenvalue weighted by molar-refractivity contribution is -0.140. The molecule has 2 rings (SSSR count). The summed E-state index contributed by atoms with van der Waals surface area (Å²) in [6, 6.07) is 0. The summed E-state index contributed by atoms with van der Waals surface area (Å²) in [4.78, 5) is 23.5. The SMILES string of the molecule is CCCC1([C@H](O)C/C=C/[C@H]2C(O)CC(=O)[C@@H]2CCCCCCC(=O)OC)CCC1. The van der Waals surface area contributed by atoms with Crippen LogP contribution in [-0.2, 0) is 14.3 Å². The Morgan fingerprint density at radius 1 is 1.28 bits per heavy atom. The molecule has 29 heavy (non-hydrogen) atoms. The summed E-state index contributed by atoms with van der Waals surface area (Å²) >= 11 is 0. The summed E-state index contributed by atoms with van der Waals surface area (Å²) in [6.45, 7) is 2.17. The van der Waals surface area contributed by atoms with Gasteiger partial charge >= 0.3 is 5.97 Å². The second kappa shape index (κ2) is 11.8. The fourth-order valence-corrected chi connectivity index (χ4v) is 5.17. The maximum atomic E-state index is 12.3. The van der Waals surface area contributed by atoms with E-state index in [1.165, 1.54) is 13.5 Å². The zero-order valence-corrected chi connectivity index (χ0v) is 18.3. The number of methoxy groups -OCH3 is 1. The Labute approximate surface area is 175 Å². The van der Waals surface area contributed by atoms with Crippen molar-refractivity contribution in [1.82, 2.24) is 0 Å². The Morgan fingerprint density at radius 2 is 2.00 bits per heavy atom. The lowest BCUT2D eigenvalue weighted by Gasteiger charge is -2.45. The van der Waals surface area contributed by atoms with Gasteiger partial charge in [-0.05, 0) is 43.9 Å². The minimum absolute atomic E-state index is 0.0901. The van der Waals surface area contributed by atoms with E-state index in [2.05, 4.69) is 11.7 Å². The Morgan fingerprint density at radius 3 is 2.62 bits per heavy atom. The first-order valence-corrected chi connectivity index (χ1v) is 11.6. The number of Topliss-reactive ketones (excluding diaryl/α,β-unsaturated/α-hetero) is 1. The smallest absolute Gasteiger partial charge is 0.305 e. The molecule has 2 aliphatic rings. The summed E-state index contributed by atoms with van der Waals surface area (Å²) in [5.74, 6) is -0.265. The van der Waals surface area contributed by atoms with E-state index in [-0.39, 0.29) is 41.5 Å². The first-order chi connectivity index (χ1) is 13.9. The molecule has 0 aromatic rings. The largest absolute Gasteiger partial charge is 0.469 e. The molecule has 2 aliphatic carbocycles. The Hall–Kier alpha value is -1.20. The van der Waals surface area contributed by atoms with Gasteiger partial charge < -0.3 is 14.9 Å². The number of carbonyl (C=O) groups is 2. The van der Waals surface area contributed by atoms with E-state index in [9.17, 15) is 19.8 Å². The lowest BCUT2D eigenvalue weighted by atomic mass is 9.62. The third-order valence-corrected chi connectivity index (χ3v) is 7.13. The molecule has 2 saturated carbocycles. The fourth-order valence-electron chi connectivity index (χ4n) is 5.17. The average molecular weight is 409 g/mol. The summed E-state index contributed by atoms with van der Waals surface area (Å²) in [5, 5.41) is 21.0. The molecular weight excluding hydrogens is 368 g/mol. The highest BCUT2D eigenvalue weighted by Gasteiger charge is 2.42. The van der Waals surface area contributed by atoms with Crippen LogP contribution in [0.3, 0.4) is 0 Å². The minimum Gasteiger partial charge on any atom is -0.469 e. The number of aliphatic hydroxyl groups is 2. The molecule has 0 aliphatic heterocycles. The fraction of sp³-hybridized carbons (Fsp3) is 0.833. The number of ether oxygens (including phenoxy) is 1. The van der Waals surface area contributed by atoms with Crippen molar-refractivity contribution in [3.8, 4) is 0 Å². The third-order valence-electron chi connectivity index (χ3n) is 7.13. The highest BCUT2D eigenvalue weighted by atomic mass is 16.5. The molecule has 0 amide bonds. The number of hydrogen-bond donors (Lipinski definition) is 2. The molecule has 166 valence electrons. The van der Waals surface area contributed by atoms with Crippen LogP contribution in [0.5, 0.6) is 0 Å². The molecule has 5 heteroatoms. The summed E-state index contributed by atoms with van der Waals surface area (Å²) in [5.41, 5.74) is 0.0901. The minimum atomic E-state index is -0.603. The molecule has 5 nitrogen and oxygen atoms in total. The van der Waals surface area contributed by atoms with Gasteiger partial charge in [-0.2, -0.15) is 0 Å². The van der Waals surface area contributed by atoms with E-state index < -0.39 is 6.10 Å². The van der Waals surface area contributed by atoms with Crippen molar-refractivity contribution in [3.05, 3.63) is 12.2 Å². The second-order valence-electron chi connectivity index (χ2n) is 9.10. The molecule has 0 radical (unpaired) electrons. The highest BCUT2D eigenvalue weighted by molar-refractivity contribution is 5.84. The van der Waals surface area contributed by atoms with Crippen LogP contribution in [0.15, 0.2) is 12.2 Å². The van der Waals surface area contributed by atoms with Crippen LogP contribution in [0.4, 0.5) is 0 Å². The molecule has 0 aromatic carbocycles. The van der Waals surface area contributed by atoms with E-state index in [1.807, 2.05) is 12.2 Å². The lowest BCUT2D eigenvalue weighted by Crippen LogP contribution is -2.41. The van der Waals surface area contributed by atoms with Gasteiger partial charge in [0, 0.05) is 24.7 Å². The summed E-state index contributed by atoms with van der Waals surface area (Å²) < 4.78 is 4.64. The van der Waals surface area contributed by atoms with Gasteiger partial charge in [-0.15, -0.1) is 0 Å². The van der Waals surface area contributed by atoms with Gasteiger partial charge in [0.1, 0.15) is 5.78 Å². The van der Waals surface area contributed by atoms with Crippen LogP contribution in [-0.4, -0.2) is 41.3 Å². The Kier molecular flexibility index (Phi) is 9.84. The monoisotopic (exact) mass is 408 g/mol. The third kappa shape index (κ3) is 6.65. The Bertz CT molecular complexity index is 551. The van der Waals surface area contributed by atoms with Crippen LogP contribution < -0.4 is 0 Å². The first-order valence-electron chi connectivity index (χ1n) is 11.6. The number of hydrogen-bond acceptors (Lipinski definition) is 5. The summed E-state index contributed by atoms with van der Waals surface area (Å²) in [7, 11) is 1.40. The van der Waals surface area contributed by atoms with Crippen molar-refractivity contribution in [2.45, 2.75) is 103 Å². The van der Waals surface area contributed by atoms with Crippen LogP contribution >= 0.6 is 0 Å². The van der Waals surface area contributed by atoms with Crippen molar-refractivity contribution in [3.63, 3.8) is 0 Å². The normalized spacial score (nSPS) is 27.2. The summed E-state index contributed by atoms with van der Waals surface area (Å²) in [6.07, 6.45) is 14.4. The molecule has 2 fully saturated rings. The van der Waals surface area contributed by atoms with Crippen LogP contribution in [0.25, 0.3) is 0 Å². The molecule has 2 N–H and O–H groups in total. The van der Waals surface area contributed by atoms with Gasteiger partial charge in [0.25, 0.3) is 0 Å². The molecule has 0 saturated heterocycles. The quantitative estimate of drug-likeness (QED) is 0.269. The maximum Gasteiger partial charge on any atom is 0.305 e. The number of aliphatic hydroxyl groups excluding tert-OH is 2. The van der Waals surface area contributed by atoms with Crippen LogP contribution in [0.2, 0.25) is 0 Å². The van der Waals surface area contributed by atoms with Gasteiger partial charge in [0.15, 0.2) is 0 Å². The van der Waals surface area contributed by atoms with Crippen LogP contribution in [0, 0.1) is 17.3 Å². The molecule has 4 atom stereocenters. The molecule has 0 aromatic heterocycles. The van der Waals surface area contributed by atoms with E-state index in [0.29, 0.717) is 12.8 Å². The topological polar surface area (TPSA) is 83.8 Å². The van der Waals surface area contributed by atoms with Gasteiger partial charge in [-0.25, -0.2) is 0 Å². The predicted molar refractivity (Wildman–Crippen MR) is 113 cm³/mol.